The third-order valence-electron chi connectivity index (χ3n) is 1.90. The molecule has 10 heteroatoms. The highest BCUT2D eigenvalue weighted by Gasteiger charge is 2.31. The quantitative estimate of drug-likeness (QED) is 0.614. The number of nitrogens with one attached hydrogen (secondary N) is 1. The van der Waals surface area contributed by atoms with Crippen LogP contribution in [0.25, 0.3) is 0 Å². The Labute approximate surface area is 125 Å². The van der Waals surface area contributed by atoms with E-state index in [1.165, 1.54) is 0 Å². The summed E-state index contributed by atoms with van der Waals surface area (Å²) in [5.41, 5.74) is -1.83. The van der Waals surface area contributed by atoms with Crippen LogP contribution in [-0.4, -0.2) is 16.5 Å². The lowest BCUT2D eigenvalue weighted by Crippen LogP contribution is -2.22. The molecule has 0 heterocycles. The number of hydrogen-bond acceptors (Lipinski definition) is 2. The van der Waals surface area contributed by atoms with Crippen molar-refractivity contribution in [3.05, 3.63) is 29.6 Å². The Kier molecular flexibility index (Phi) is 5.34. The SMILES string of the molecule is O=C(Nc1cc(C(F)(F)F)ccc1F)OCC(Cl)(Cl)Cl. The van der Waals surface area contributed by atoms with E-state index in [1.807, 2.05) is 0 Å². The molecule has 0 radical (unpaired) electrons. The number of benzene rings is 1. The maximum Gasteiger partial charge on any atom is 0.416 e. The molecular formula is C10H6Cl3F4NO2. The van der Waals surface area contributed by atoms with Crippen molar-refractivity contribution in [1.29, 1.82) is 0 Å². The molecule has 0 bridgehead atoms. The molecule has 1 amide bonds. The van der Waals surface area contributed by atoms with Gasteiger partial charge in [0.25, 0.3) is 0 Å². The van der Waals surface area contributed by atoms with Gasteiger partial charge < -0.3 is 4.74 Å². The second-order valence-electron chi connectivity index (χ2n) is 3.51. The van der Waals surface area contributed by atoms with E-state index in [-0.39, 0.29) is 0 Å². The molecule has 1 aromatic rings. The molecule has 0 unspecified atom stereocenters. The lowest BCUT2D eigenvalue weighted by atomic mass is 10.2. The number of carbonyl (C=O) groups excluding carboxylic acids is 1. The predicted octanol–water partition coefficient (Wildman–Crippen LogP) is 4.76. The number of rotatable bonds is 2. The molecule has 1 N–H and O–H groups in total. The highest BCUT2D eigenvalue weighted by Crippen LogP contribution is 2.32. The molecule has 0 saturated carbocycles. The fourth-order valence-electron chi connectivity index (χ4n) is 1.09. The molecule has 0 aliphatic heterocycles. The molecule has 1 rings (SSSR count). The van der Waals surface area contributed by atoms with E-state index < -0.39 is 39.7 Å². The van der Waals surface area contributed by atoms with Gasteiger partial charge in [0, 0.05) is 0 Å². The number of halogens is 7. The summed E-state index contributed by atoms with van der Waals surface area (Å²) in [6.45, 7) is -0.649. The van der Waals surface area contributed by atoms with Crippen LogP contribution < -0.4 is 5.32 Å². The van der Waals surface area contributed by atoms with Gasteiger partial charge in [0.1, 0.15) is 12.4 Å². The van der Waals surface area contributed by atoms with Crippen molar-refractivity contribution in [2.24, 2.45) is 0 Å². The summed E-state index contributed by atoms with van der Waals surface area (Å²) in [7, 11) is 0. The first-order valence-electron chi connectivity index (χ1n) is 4.86. The average molecular weight is 355 g/mol. The van der Waals surface area contributed by atoms with Gasteiger partial charge in [-0.2, -0.15) is 13.2 Å². The first-order chi connectivity index (χ1) is 8.99. The van der Waals surface area contributed by atoms with Crippen LogP contribution >= 0.6 is 34.8 Å². The highest BCUT2D eigenvalue weighted by atomic mass is 35.6. The van der Waals surface area contributed by atoms with Gasteiger partial charge in [-0.15, -0.1) is 0 Å². The van der Waals surface area contributed by atoms with Crippen molar-refractivity contribution in [3.63, 3.8) is 0 Å². The van der Waals surface area contributed by atoms with Crippen molar-refractivity contribution < 1.29 is 27.1 Å². The van der Waals surface area contributed by atoms with Crippen LogP contribution in [0.15, 0.2) is 18.2 Å². The number of ether oxygens (including phenoxy) is 1. The third kappa shape index (κ3) is 5.60. The van der Waals surface area contributed by atoms with Crippen LogP contribution in [0.3, 0.4) is 0 Å². The third-order valence-corrected chi connectivity index (χ3v) is 2.22. The summed E-state index contributed by atoms with van der Waals surface area (Å²) in [5, 5.41) is 1.78. The number of anilines is 1. The van der Waals surface area contributed by atoms with Crippen LogP contribution in [0.2, 0.25) is 0 Å². The van der Waals surface area contributed by atoms with Crippen LogP contribution in [0.5, 0.6) is 0 Å². The average Bonchev–Trinajstić information content (AvgIpc) is 2.27. The minimum atomic E-state index is -4.67. The van der Waals surface area contributed by atoms with Gasteiger partial charge in [-0.3, -0.25) is 5.32 Å². The summed E-state index contributed by atoms with van der Waals surface area (Å²) in [6.07, 6.45) is -5.93. The molecule has 0 aliphatic rings. The molecule has 1 aromatic carbocycles. The molecular weight excluding hydrogens is 348 g/mol. The topological polar surface area (TPSA) is 38.3 Å². The number of alkyl halides is 6. The lowest BCUT2D eigenvalue weighted by molar-refractivity contribution is -0.137. The van der Waals surface area contributed by atoms with Gasteiger partial charge in [-0.1, -0.05) is 34.8 Å². The number of hydrogen-bond donors (Lipinski definition) is 1. The summed E-state index contributed by atoms with van der Waals surface area (Å²) >= 11 is 15.9. The van der Waals surface area contributed by atoms with Gasteiger partial charge in [-0.25, -0.2) is 9.18 Å². The second kappa shape index (κ2) is 6.24. The Morgan fingerprint density at radius 3 is 2.35 bits per heavy atom. The maximum absolute atomic E-state index is 13.3. The largest absolute Gasteiger partial charge is 0.445 e. The van der Waals surface area contributed by atoms with Crippen molar-refractivity contribution in [1.82, 2.24) is 0 Å². The molecule has 0 spiro atoms. The Morgan fingerprint density at radius 2 is 1.85 bits per heavy atom. The zero-order chi connectivity index (χ0) is 15.6. The van der Waals surface area contributed by atoms with Crippen LogP contribution in [-0.2, 0) is 10.9 Å². The minimum absolute atomic E-state index is 0.423. The van der Waals surface area contributed by atoms with Gasteiger partial charge in [0.2, 0.25) is 3.79 Å². The lowest BCUT2D eigenvalue weighted by Gasteiger charge is -2.13. The van der Waals surface area contributed by atoms with E-state index in [0.29, 0.717) is 18.2 Å². The normalized spacial score (nSPS) is 12.2. The fraction of sp³-hybridized carbons (Fsp3) is 0.300. The smallest absolute Gasteiger partial charge is 0.416 e. The zero-order valence-corrected chi connectivity index (χ0v) is 11.7. The molecule has 112 valence electrons. The molecule has 20 heavy (non-hydrogen) atoms. The molecule has 0 saturated heterocycles. The molecule has 0 fully saturated rings. The summed E-state index contributed by atoms with van der Waals surface area (Å²) < 4.78 is 53.1. The maximum atomic E-state index is 13.3. The summed E-state index contributed by atoms with van der Waals surface area (Å²) in [5.74, 6) is -1.07. The standard InChI is InChI=1S/C10H6Cl3F4NO2/c11-9(12,13)4-20-8(19)18-7-3-5(10(15,16)17)1-2-6(7)14/h1-3H,4H2,(H,18,19). The van der Waals surface area contributed by atoms with E-state index in [1.54, 1.807) is 5.32 Å². The van der Waals surface area contributed by atoms with E-state index in [4.69, 9.17) is 34.8 Å². The van der Waals surface area contributed by atoms with Crippen molar-refractivity contribution >= 4 is 46.6 Å². The minimum Gasteiger partial charge on any atom is -0.445 e. The van der Waals surface area contributed by atoms with Gasteiger partial charge in [-0.05, 0) is 18.2 Å². The number of carbonyl (C=O) groups is 1. The fourth-order valence-corrected chi connectivity index (χ4v) is 1.25. The van der Waals surface area contributed by atoms with E-state index >= 15 is 0 Å². The zero-order valence-electron chi connectivity index (χ0n) is 9.40. The summed E-state index contributed by atoms with van der Waals surface area (Å²) in [4.78, 5) is 11.2. The van der Waals surface area contributed by atoms with Gasteiger partial charge in [0.05, 0.1) is 11.3 Å². The molecule has 0 aromatic heterocycles. The predicted molar refractivity (Wildman–Crippen MR) is 66.7 cm³/mol. The first kappa shape index (κ1) is 17.1. The highest BCUT2D eigenvalue weighted by molar-refractivity contribution is 6.67. The monoisotopic (exact) mass is 353 g/mol. The Morgan fingerprint density at radius 1 is 1.25 bits per heavy atom. The summed E-state index contributed by atoms with van der Waals surface area (Å²) in [6, 6.07) is 1.52. The van der Waals surface area contributed by atoms with Crippen molar-refractivity contribution in [2.75, 3.05) is 11.9 Å². The van der Waals surface area contributed by atoms with Crippen molar-refractivity contribution in [2.45, 2.75) is 9.97 Å². The molecule has 0 atom stereocenters. The van der Waals surface area contributed by atoms with E-state index in [0.717, 1.165) is 0 Å². The number of amides is 1. The molecule has 0 aliphatic carbocycles. The molecule has 3 nitrogen and oxygen atoms in total. The first-order valence-corrected chi connectivity index (χ1v) is 6.00. The van der Waals surface area contributed by atoms with E-state index in [2.05, 4.69) is 4.74 Å². The Balaban J connectivity index is 2.79. The van der Waals surface area contributed by atoms with Crippen LogP contribution in [0.4, 0.5) is 28.0 Å². The Hall–Kier alpha value is -0.920. The van der Waals surface area contributed by atoms with Crippen molar-refractivity contribution in [3.8, 4) is 0 Å². The van der Waals surface area contributed by atoms with Gasteiger partial charge >= 0.3 is 12.3 Å². The van der Waals surface area contributed by atoms with Crippen LogP contribution in [0.1, 0.15) is 5.56 Å². The Bertz CT molecular complexity index is 502. The van der Waals surface area contributed by atoms with Gasteiger partial charge in [0.15, 0.2) is 0 Å². The van der Waals surface area contributed by atoms with E-state index in [9.17, 15) is 22.4 Å². The van der Waals surface area contributed by atoms with Crippen LogP contribution in [0, 0.1) is 5.82 Å². The second-order valence-corrected chi connectivity index (χ2v) is 6.02.